The third kappa shape index (κ3) is 6.32. The highest BCUT2D eigenvalue weighted by molar-refractivity contribution is 7.98. The SMILES string of the molecule is CSc1ccc(S(=O)(=O)N(CC(C)C)C[C@@H](O)[C@@H](N)Cc2ccccc2)cc1. The summed E-state index contributed by atoms with van der Waals surface area (Å²) in [5, 5.41) is 10.6. The molecule has 0 aliphatic heterocycles. The van der Waals surface area contributed by atoms with Gasteiger partial charge in [-0.15, -0.1) is 11.8 Å². The molecule has 2 atom stereocenters. The number of benzene rings is 2. The maximum Gasteiger partial charge on any atom is 0.243 e. The first-order valence-corrected chi connectivity index (χ1v) is 12.0. The van der Waals surface area contributed by atoms with Gasteiger partial charge in [-0.25, -0.2) is 8.42 Å². The molecule has 28 heavy (non-hydrogen) atoms. The second-order valence-corrected chi connectivity index (χ2v) is 10.1. The van der Waals surface area contributed by atoms with Crippen molar-refractivity contribution in [1.29, 1.82) is 0 Å². The van der Waals surface area contributed by atoms with E-state index in [1.165, 1.54) is 4.31 Å². The van der Waals surface area contributed by atoms with E-state index in [1.807, 2.05) is 50.4 Å². The lowest BCUT2D eigenvalue weighted by Gasteiger charge is -2.28. The number of hydrogen-bond donors (Lipinski definition) is 2. The van der Waals surface area contributed by atoms with Crippen molar-refractivity contribution in [2.24, 2.45) is 11.7 Å². The van der Waals surface area contributed by atoms with E-state index < -0.39 is 22.2 Å². The Labute approximate surface area is 173 Å². The van der Waals surface area contributed by atoms with E-state index in [-0.39, 0.29) is 17.4 Å². The molecule has 0 spiro atoms. The van der Waals surface area contributed by atoms with Crippen LogP contribution in [0.5, 0.6) is 0 Å². The fraction of sp³-hybridized carbons (Fsp3) is 0.429. The molecule has 0 unspecified atom stereocenters. The van der Waals surface area contributed by atoms with Crippen molar-refractivity contribution in [3.05, 3.63) is 60.2 Å². The third-order valence-electron chi connectivity index (χ3n) is 4.47. The largest absolute Gasteiger partial charge is 0.390 e. The van der Waals surface area contributed by atoms with Crippen LogP contribution in [0.15, 0.2) is 64.4 Å². The summed E-state index contributed by atoms with van der Waals surface area (Å²) in [6, 6.07) is 15.9. The number of aliphatic hydroxyl groups is 1. The zero-order valence-corrected chi connectivity index (χ0v) is 18.3. The summed E-state index contributed by atoms with van der Waals surface area (Å²) in [6.45, 7) is 4.20. The Kier molecular flexibility index (Phi) is 8.52. The first-order valence-electron chi connectivity index (χ1n) is 9.35. The van der Waals surface area contributed by atoms with E-state index in [0.717, 1.165) is 10.5 Å². The highest BCUT2D eigenvalue weighted by atomic mass is 32.2. The number of rotatable bonds is 10. The molecule has 7 heteroatoms. The number of thioether (sulfide) groups is 1. The Hall–Kier alpha value is -1.38. The van der Waals surface area contributed by atoms with Gasteiger partial charge in [0.1, 0.15) is 0 Å². The molecule has 0 radical (unpaired) electrons. The normalized spacial score (nSPS) is 14.4. The molecule has 0 bridgehead atoms. The van der Waals surface area contributed by atoms with Crippen molar-refractivity contribution < 1.29 is 13.5 Å². The minimum atomic E-state index is -3.71. The summed E-state index contributed by atoms with van der Waals surface area (Å²) in [6.07, 6.45) is 1.47. The number of nitrogens with zero attached hydrogens (tertiary/aromatic N) is 1. The highest BCUT2D eigenvalue weighted by Gasteiger charge is 2.29. The predicted molar refractivity (Wildman–Crippen MR) is 116 cm³/mol. The minimum absolute atomic E-state index is 0.0290. The average molecular weight is 423 g/mol. The molecule has 0 saturated carbocycles. The number of hydrogen-bond acceptors (Lipinski definition) is 5. The first-order chi connectivity index (χ1) is 13.2. The van der Waals surface area contributed by atoms with Gasteiger partial charge >= 0.3 is 0 Å². The minimum Gasteiger partial charge on any atom is -0.390 e. The maximum atomic E-state index is 13.2. The Morgan fingerprint density at radius 1 is 1.04 bits per heavy atom. The molecule has 0 heterocycles. The quantitative estimate of drug-likeness (QED) is 0.575. The smallest absolute Gasteiger partial charge is 0.243 e. The molecule has 0 aliphatic carbocycles. The summed E-state index contributed by atoms with van der Waals surface area (Å²) in [4.78, 5) is 1.23. The van der Waals surface area contributed by atoms with Gasteiger partial charge in [0.05, 0.1) is 11.0 Å². The van der Waals surface area contributed by atoms with E-state index >= 15 is 0 Å². The van der Waals surface area contributed by atoms with E-state index in [4.69, 9.17) is 5.73 Å². The second kappa shape index (κ2) is 10.4. The molecule has 2 aromatic carbocycles. The maximum absolute atomic E-state index is 13.2. The topological polar surface area (TPSA) is 83.6 Å². The van der Waals surface area contributed by atoms with Gasteiger partial charge in [-0.3, -0.25) is 0 Å². The summed E-state index contributed by atoms with van der Waals surface area (Å²) in [7, 11) is -3.71. The van der Waals surface area contributed by atoms with Crippen LogP contribution in [0.2, 0.25) is 0 Å². The van der Waals surface area contributed by atoms with Crippen LogP contribution in [0.1, 0.15) is 19.4 Å². The Balaban J connectivity index is 2.17. The van der Waals surface area contributed by atoms with Crippen molar-refractivity contribution in [3.8, 4) is 0 Å². The number of sulfonamides is 1. The van der Waals surface area contributed by atoms with Crippen LogP contribution >= 0.6 is 11.8 Å². The second-order valence-electron chi connectivity index (χ2n) is 7.31. The van der Waals surface area contributed by atoms with E-state index in [9.17, 15) is 13.5 Å². The molecule has 5 nitrogen and oxygen atoms in total. The van der Waals surface area contributed by atoms with Gasteiger partial charge in [0.25, 0.3) is 0 Å². The van der Waals surface area contributed by atoms with Crippen LogP contribution in [0, 0.1) is 5.92 Å². The molecular formula is C21H30N2O3S2. The van der Waals surface area contributed by atoms with Crippen molar-refractivity contribution >= 4 is 21.8 Å². The lowest BCUT2D eigenvalue weighted by atomic mass is 10.0. The van der Waals surface area contributed by atoms with Crippen molar-refractivity contribution in [1.82, 2.24) is 4.31 Å². The lowest BCUT2D eigenvalue weighted by Crippen LogP contribution is -2.47. The summed E-state index contributed by atoms with van der Waals surface area (Å²) in [5.74, 6) is 0.123. The zero-order chi connectivity index (χ0) is 20.7. The highest BCUT2D eigenvalue weighted by Crippen LogP contribution is 2.22. The Bertz CT molecular complexity index is 824. The van der Waals surface area contributed by atoms with Crippen LogP contribution in [0.4, 0.5) is 0 Å². The third-order valence-corrected chi connectivity index (χ3v) is 7.05. The van der Waals surface area contributed by atoms with Crippen LogP contribution in [0.3, 0.4) is 0 Å². The molecule has 0 aromatic heterocycles. The Morgan fingerprint density at radius 2 is 1.64 bits per heavy atom. The van der Waals surface area contributed by atoms with Crippen LogP contribution in [-0.2, 0) is 16.4 Å². The van der Waals surface area contributed by atoms with E-state index in [2.05, 4.69) is 0 Å². The van der Waals surface area contributed by atoms with Gasteiger partial charge < -0.3 is 10.8 Å². The van der Waals surface area contributed by atoms with Crippen LogP contribution < -0.4 is 5.73 Å². The van der Waals surface area contributed by atoms with E-state index in [1.54, 1.807) is 36.0 Å². The summed E-state index contributed by atoms with van der Waals surface area (Å²) >= 11 is 1.56. The summed E-state index contributed by atoms with van der Waals surface area (Å²) < 4.78 is 27.7. The van der Waals surface area contributed by atoms with Crippen LogP contribution in [0.25, 0.3) is 0 Å². The monoisotopic (exact) mass is 422 g/mol. The Morgan fingerprint density at radius 3 is 2.18 bits per heavy atom. The molecule has 2 rings (SSSR count). The molecular weight excluding hydrogens is 392 g/mol. The fourth-order valence-electron chi connectivity index (χ4n) is 2.94. The zero-order valence-electron chi connectivity index (χ0n) is 16.7. The lowest BCUT2D eigenvalue weighted by molar-refractivity contribution is 0.116. The fourth-order valence-corrected chi connectivity index (χ4v) is 4.97. The molecule has 0 amide bonds. The van der Waals surface area contributed by atoms with Crippen molar-refractivity contribution in [3.63, 3.8) is 0 Å². The molecule has 0 aliphatic rings. The van der Waals surface area contributed by atoms with E-state index in [0.29, 0.717) is 13.0 Å². The molecule has 2 aromatic rings. The van der Waals surface area contributed by atoms with Gasteiger partial charge in [0, 0.05) is 24.0 Å². The van der Waals surface area contributed by atoms with Gasteiger partial charge in [-0.1, -0.05) is 44.2 Å². The van der Waals surface area contributed by atoms with Gasteiger partial charge in [0.15, 0.2) is 0 Å². The molecule has 0 saturated heterocycles. The first kappa shape index (κ1) is 22.9. The molecule has 3 N–H and O–H groups in total. The van der Waals surface area contributed by atoms with Gasteiger partial charge in [-0.05, 0) is 48.4 Å². The van der Waals surface area contributed by atoms with Gasteiger partial charge in [0.2, 0.25) is 10.0 Å². The van der Waals surface area contributed by atoms with Crippen molar-refractivity contribution in [2.45, 2.75) is 42.2 Å². The predicted octanol–water partition coefficient (Wildman–Crippen LogP) is 2.99. The summed E-state index contributed by atoms with van der Waals surface area (Å²) in [5.41, 5.74) is 7.19. The number of nitrogens with two attached hydrogens (primary N) is 1. The molecule has 0 fully saturated rings. The number of aliphatic hydroxyl groups excluding tert-OH is 1. The van der Waals surface area contributed by atoms with Gasteiger partial charge in [-0.2, -0.15) is 4.31 Å². The standard InChI is InChI=1S/C21H30N2O3S2/c1-16(2)14-23(28(25,26)19-11-9-18(27-3)10-12-19)15-21(24)20(22)13-17-7-5-4-6-8-17/h4-12,16,20-21,24H,13-15,22H2,1-3H3/t20-,21+/m0/s1. The van der Waals surface area contributed by atoms with Crippen LogP contribution in [-0.4, -0.2) is 49.3 Å². The molecule has 154 valence electrons. The average Bonchev–Trinajstić information content (AvgIpc) is 2.67. The van der Waals surface area contributed by atoms with Crippen molar-refractivity contribution in [2.75, 3.05) is 19.3 Å².